The van der Waals surface area contributed by atoms with Crippen LogP contribution < -0.4 is 5.32 Å². The highest BCUT2D eigenvalue weighted by Crippen LogP contribution is 2.62. The molecule has 2 aliphatic carbocycles. The van der Waals surface area contributed by atoms with Gasteiger partial charge in [-0.2, -0.15) is 0 Å². The third kappa shape index (κ3) is 6.32. The third-order valence-corrected chi connectivity index (χ3v) is 6.53. The van der Waals surface area contributed by atoms with Gasteiger partial charge in [-0.25, -0.2) is 0 Å². The Morgan fingerprint density at radius 1 is 0.967 bits per heavy atom. The number of carbonyl (C=O) groups excluding carboxylic acids is 1. The second-order valence-electron chi connectivity index (χ2n) is 9.43. The van der Waals surface area contributed by atoms with Gasteiger partial charge in [0.25, 0.3) is 0 Å². The Hall–Kier alpha value is -2.35. The number of allylic oxidation sites excluding steroid dienone is 12. The van der Waals surface area contributed by atoms with Crippen molar-refractivity contribution in [1.29, 1.82) is 0 Å². The number of carbonyl (C=O) groups is 1. The summed E-state index contributed by atoms with van der Waals surface area (Å²) in [6.45, 7) is 15.0. The minimum atomic E-state index is -0.111. The molecule has 0 aromatic rings. The van der Waals surface area contributed by atoms with Gasteiger partial charge >= 0.3 is 0 Å². The summed E-state index contributed by atoms with van der Waals surface area (Å²) in [7, 11) is 0. The molecule has 0 unspecified atom stereocenters. The number of nitrogens with one attached hydrogen (secondary N) is 1. The van der Waals surface area contributed by atoms with Gasteiger partial charge in [0.05, 0.1) is 0 Å². The lowest BCUT2D eigenvalue weighted by Crippen LogP contribution is -2.25. The van der Waals surface area contributed by atoms with Gasteiger partial charge in [-0.05, 0) is 88.4 Å². The molecule has 30 heavy (non-hydrogen) atoms. The zero-order valence-electron chi connectivity index (χ0n) is 19.9. The van der Waals surface area contributed by atoms with Crippen LogP contribution in [-0.2, 0) is 4.79 Å². The molecule has 1 spiro atoms. The van der Waals surface area contributed by atoms with Crippen molar-refractivity contribution < 1.29 is 4.79 Å². The normalized spacial score (nSPS) is 22.0. The first-order valence-electron chi connectivity index (χ1n) is 11.2. The fourth-order valence-electron chi connectivity index (χ4n) is 4.24. The smallest absolute Gasteiger partial charge is 0.248 e. The van der Waals surface area contributed by atoms with Crippen molar-refractivity contribution in [1.82, 2.24) is 5.32 Å². The number of hydrogen-bond donors (Lipinski definition) is 1. The first kappa shape index (κ1) is 23.9. The zero-order chi connectivity index (χ0) is 22.4. The molecule has 1 N–H and O–H groups in total. The van der Waals surface area contributed by atoms with E-state index >= 15 is 0 Å². The molecular weight excluding hydrogens is 366 g/mol. The van der Waals surface area contributed by atoms with E-state index in [1.54, 1.807) is 11.6 Å². The molecule has 2 aliphatic rings. The summed E-state index contributed by atoms with van der Waals surface area (Å²) in [6.07, 6.45) is 23.3. The van der Waals surface area contributed by atoms with Gasteiger partial charge in [0, 0.05) is 11.8 Å². The lowest BCUT2D eigenvalue weighted by Gasteiger charge is -2.38. The van der Waals surface area contributed by atoms with E-state index in [-0.39, 0.29) is 11.3 Å². The summed E-state index contributed by atoms with van der Waals surface area (Å²) in [6, 6.07) is 0. The largest absolute Gasteiger partial charge is 0.323 e. The maximum absolute atomic E-state index is 12.1. The molecule has 0 aromatic carbocycles. The highest BCUT2D eigenvalue weighted by molar-refractivity contribution is 5.90. The highest BCUT2D eigenvalue weighted by atomic mass is 16.1. The predicted molar refractivity (Wildman–Crippen MR) is 130 cm³/mol. The van der Waals surface area contributed by atoms with Crippen molar-refractivity contribution >= 4 is 5.91 Å². The molecule has 1 saturated carbocycles. The molecular formula is C28H39NO. The zero-order valence-corrected chi connectivity index (χ0v) is 19.9. The second kappa shape index (κ2) is 10.1. The van der Waals surface area contributed by atoms with Gasteiger partial charge in [-0.1, -0.05) is 67.5 Å². The molecule has 2 nitrogen and oxygen atoms in total. The molecule has 1 fully saturated rings. The van der Waals surface area contributed by atoms with Crippen LogP contribution in [0.4, 0.5) is 0 Å². The monoisotopic (exact) mass is 405 g/mol. The molecule has 2 rings (SSSR count). The van der Waals surface area contributed by atoms with E-state index in [0.29, 0.717) is 5.41 Å². The summed E-state index contributed by atoms with van der Waals surface area (Å²) in [5.41, 5.74) is 6.85. The van der Waals surface area contributed by atoms with Crippen molar-refractivity contribution in [3.05, 3.63) is 82.7 Å². The lowest BCUT2D eigenvalue weighted by atomic mass is 9.67. The predicted octanol–water partition coefficient (Wildman–Crippen LogP) is 7.50. The van der Waals surface area contributed by atoms with Crippen LogP contribution in [0, 0.1) is 10.8 Å². The topological polar surface area (TPSA) is 29.1 Å². The lowest BCUT2D eigenvalue weighted by molar-refractivity contribution is -0.115. The minimum absolute atomic E-state index is 0.111. The number of hydrogen-bond acceptors (Lipinski definition) is 1. The van der Waals surface area contributed by atoms with Crippen LogP contribution in [0.1, 0.15) is 74.1 Å². The van der Waals surface area contributed by atoms with Crippen LogP contribution >= 0.6 is 0 Å². The Kier molecular flexibility index (Phi) is 8.06. The Balaban J connectivity index is 2.02. The van der Waals surface area contributed by atoms with Crippen LogP contribution in [0.15, 0.2) is 82.7 Å². The summed E-state index contributed by atoms with van der Waals surface area (Å²) >= 11 is 0. The van der Waals surface area contributed by atoms with Crippen LogP contribution in [0.5, 0.6) is 0 Å². The fourth-order valence-corrected chi connectivity index (χ4v) is 4.24. The van der Waals surface area contributed by atoms with E-state index in [2.05, 4.69) is 51.2 Å². The van der Waals surface area contributed by atoms with Crippen molar-refractivity contribution in [3.63, 3.8) is 0 Å². The van der Waals surface area contributed by atoms with Gasteiger partial charge in [-0.3, -0.25) is 4.79 Å². The van der Waals surface area contributed by atoms with Gasteiger partial charge in [-0.15, -0.1) is 0 Å². The average Bonchev–Trinajstić information content (AvgIpc) is 3.46. The first-order chi connectivity index (χ1) is 14.1. The fraction of sp³-hybridized carbons (Fsp3) is 0.464. The molecule has 0 aliphatic heterocycles. The summed E-state index contributed by atoms with van der Waals surface area (Å²) in [4.78, 5) is 12.1. The summed E-state index contributed by atoms with van der Waals surface area (Å²) < 4.78 is 0. The SMILES string of the molecule is C/C=C\C(=C/C)NC(=O)\C=C(C)/C=C/C=C(C)/C=C/C1=C(C)C2(CCC1(C)C)CC2. The van der Waals surface area contributed by atoms with Gasteiger partial charge in [0.2, 0.25) is 5.91 Å². The molecule has 0 radical (unpaired) electrons. The standard InChI is InChI=1S/C28H39NO/c1-8-11-24(9-2)29-26(30)20-22(4)13-10-12-21(3)14-15-25-23(5)28(18-19-28)17-16-27(25,6)7/h8-15,20H,16-19H2,1-7H3,(H,29,30)/b11-8-,13-10+,15-14+,21-12+,22-20-,24-9+. The molecule has 162 valence electrons. The quantitative estimate of drug-likeness (QED) is 0.345. The van der Waals surface area contributed by atoms with Crippen molar-refractivity contribution in [3.8, 4) is 0 Å². The van der Waals surface area contributed by atoms with E-state index in [9.17, 15) is 4.79 Å². The van der Waals surface area contributed by atoms with Crippen molar-refractivity contribution in [2.24, 2.45) is 10.8 Å². The maximum Gasteiger partial charge on any atom is 0.248 e. The van der Waals surface area contributed by atoms with Gasteiger partial charge in [0.15, 0.2) is 0 Å². The maximum atomic E-state index is 12.1. The van der Waals surface area contributed by atoms with Crippen LogP contribution in [0.3, 0.4) is 0 Å². The Morgan fingerprint density at radius 3 is 2.23 bits per heavy atom. The second-order valence-corrected chi connectivity index (χ2v) is 9.43. The van der Waals surface area contributed by atoms with Crippen molar-refractivity contribution in [2.75, 3.05) is 0 Å². The number of amides is 1. The molecule has 2 heteroatoms. The van der Waals surface area contributed by atoms with E-state index in [0.717, 1.165) is 11.3 Å². The first-order valence-corrected chi connectivity index (χ1v) is 11.2. The molecule has 0 heterocycles. The van der Waals surface area contributed by atoms with E-state index < -0.39 is 0 Å². The Labute approximate surface area is 183 Å². The van der Waals surface area contributed by atoms with Gasteiger partial charge in [0.1, 0.15) is 0 Å². The summed E-state index contributed by atoms with van der Waals surface area (Å²) in [5, 5.41) is 2.87. The molecule has 0 saturated heterocycles. The Bertz CT molecular complexity index is 864. The highest BCUT2D eigenvalue weighted by Gasteiger charge is 2.49. The van der Waals surface area contributed by atoms with Crippen molar-refractivity contribution in [2.45, 2.75) is 74.1 Å². The molecule has 0 bridgehead atoms. The molecule has 0 aromatic heterocycles. The van der Waals surface area contributed by atoms with E-state index in [1.165, 1.54) is 36.8 Å². The van der Waals surface area contributed by atoms with E-state index in [1.807, 2.05) is 51.2 Å². The summed E-state index contributed by atoms with van der Waals surface area (Å²) in [5.74, 6) is -0.111. The van der Waals surface area contributed by atoms with Gasteiger partial charge < -0.3 is 5.32 Å². The van der Waals surface area contributed by atoms with Crippen LogP contribution in [0.25, 0.3) is 0 Å². The Morgan fingerprint density at radius 2 is 1.63 bits per heavy atom. The van der Waals surface area contributed by atoms with Crippen LogP contribution in [0.2, 0.25) is 0 Å². The number of rotatable bonds is 7. The average molecular weight is 406 g/mol. The molecule has 1 amide bonds. The minimum Gasteiger partial charge on any atom is -0.323 e. The van der Waals surface area contributed by atoms with E-state index in [4.69, 9.17) is 0 Å². The third-order valence-electron chi connectivity index (χ3n) is 6.53. The van der Waals surface area contributed by atoms with Crippen LogP contribution in [-0.4, -0.2) is 5.91 Å². The molecule has 0 atom stereocenters.